The fourth-order valence-corrected chi connectivity index (χ4v) is 1.92. The van der Waals surface area contributed by atoms with Crippen LogP contribution in [-0.4, -0.2) is 17.6 Å². The third-order valence-electron chi connectivity index (χ3n) is 2.80. The van der Waals surface area contributed by atoms with Gasteiger partial charge >= 0.3 is 6.18 Å². The molecule has 0 N–H and O–H groups in total. The maximum atomic E-state index is 13.7. The summed E-state index contributed by atoms with van der Waals surface area (Å²) in [6.07, 6.45) is -3.17. The highest BCUT2D eigenvalue weighted by Crippen LogP contribution is 2.41. The molecule has 1 aliphatic carbocycles. The standard InChI is InChI=1S/C11H12F4O/c1-2-7-10(12,11(13,14)15)9(16)8-5-3-4-6-8/h7-8H,1,3-6H2. The number of carbonyl (C=O) groups is 1. The SMILES string of the molecule is C=C=CC(F)(C(=O)C1CCCC1)C(F)(F)F. The Morgan fingerprint density at radius 1 is 1.25 bits per heavy atom. The fraction of sp³-hybridized carbons (Fsp3) is 0.636. The lowest BCUT2D eigenvalue weighted by Gasteiger charge is -2.25. The van der Waals surface area contributed by atoms with Gasteiger partial charge in [0.1, 0.15) is 0 Å². The molecule has 5 heteroatoms. The van der Waals surface area contributed by atoms with Gasteiger partial charge in [-0.3, -0.25) is 4.79 Å². The van der Waals surface area contributed by atoms with Crippen molar-refractivity contribution in [3.05, 3.63) is 18.4 Å². The molecule has 0 aromatic rings. The molecule has 0 radical (unpaired) electrons. The minimum absolute atomic E-state index is 0.0770. The molecule has 0 amide bonds. The molecule has 1 atom stereocenters. The predicted octanol–water partition coefficient (Wildman–Crippen LogP) is 3.36. The molecule has 1 aliphatic rings. The first-order chi connectivity index (χ1) is 7.33. The number of hydrogen-bond acceptors (Lipinski definition) is 1. The minimum Gasteiger partial charge on any atom is -0.295 e. The Kier molecular flexibility index (Phi) is 3.58. The van der Waals surface area contributed by atoms with Gasteiger partial charge in [0, 0.05) is 12.0 Å². The number of ketones is 1. The summed E-state index contributed by atoms with van der Waals surface area (Å²) >= 11 is 0. The monoisotopic (exact) mass is 236 g/mol. The summed E-state index contributed by atoms with van der Waals surface area (Å²) in [5, 5.41) is 0. The van der Waals surface area contributed by atoms with Crippen molar-refractivity contribution in [2.75, 3.05) is 0 Å². The van der Waals surface area contributed by atoms with Crippen LogP contribution in [0.1, 0.15) is 25.7 Å². The molecule has 1 fully saturated rings. The smallest absolute Gasteiger partial charge is 0.295 e. The van der Waals surface area contributed by atoms with Crippen molar-refractivity contribution < 1.29 is 22.4 Å². The largest absolute Gasteiger partial charge is 0.434 e. The molecular formula is C11H12F4O. The van der Waals surface area contributed by atoms with Crippen molar-refractivity contribution in [2.24, 2.45) is 5.92 Å². The van der Waals surface area contributed by atoms with Crippen LogP contribution in [0.3, 0.4) is 0 Å². The van der Waals surface area contributed by atoms with Gasteiger partial charge in [0.15, 0.2) is 5.78 Å². The molecule has 16 heavy (non-hydrogen) atoms. The summed E-state index contributed by atoms with van der Waals surface area (Å²) in [5.41, 5.74) is -2.20. The Bertz CT molecular complexity index is 321. The van der Waals surface area contributed by atoms with Gasteiger partial charge in [-0.25, -0.2) is 4.39 Å². The van der Waals surface area contributed by atoms with E-state index in [1.807, 2.05) is 0 Å². The average Bonchev–Trinajstić information content (AvgIpc) is 2.67. The van der Waals surface area contributed by atoms with E-state index >= 15 is 0 Å². The van der Waals surface area contributed by atoms with Gasteiger partial charge in [-0.05, 0) is 12.8 Å². The Hall–Kier alpha value is -1.09. The van der Waals surface area contributed by atoms with Gasteiger partial charge in [-0.2, -0.15) is 13.2 Å². The average molecular weight is 236 g/mol. The van der Waals surface area contributed by atoms with Crippen molar-refractivity contribution in [3.63, 3.8) is 0 Å². The van der Waals surface area contributed by atoms with Crippen molar-refractivity contribution in [3.8, 4) is 0 Å². The number of allylic oxidation sites excluding steroid dienone is 1. The lowest BCUT2D eigenvalue weighted by Crippen LogP contribution is -2.48. The van der Waals surface area contributed by atoms with Crippen LogP contribution in [0.5, 0.6) is 0 Å². The van der Waals surface area contributed by atoms with Crippen LogP contribution in [0.15, 0.2) is 18.4 Å². The molecule has 1 unspecified atom stereocenters. The highest BCUT2D eigenvalue weighted by atomic mass is 19.4. The molecule has 0 aliphatic heterocycles. The molecule has 90 valence electrons. The van der Waals surface area contributed by atoms with Crippen LogP contribution in [0.25, 0.3) is 0 Å². The summed E-state index contributed by atoms with van der Waals surface area (Å²) in [4.78, 5) is 11.5. The van der Waals surface area contributed by atoms with Crippen molar-refractivity contribution in [1.29, 1.82) is 0 Å². The van der Waals surface area contributed by atoms with Crippen LogP contribution in [0.2, 0.25) is 0 Å². The summed E-state index contributed by atoms with van der Waals surface area (Å²) in [5.74, 6) is -2.25. The molecule has 1 saturated carbocycles. The Morgan fingerprint density at radius 2 is 1.75 bits per heavy atom. The lowest BCUT2D eigenvalue weighted by molar-refractivity contribution is -0.212. The Balaban J connectivity index is 3.01. The van der Waals surface area contributed by atoms with E-state index in [2.05, 4.69) is 6.58 Å². The Morgan fingerprint density at radius 3 is 2.12 bits per heavy atom. The molecule has 0 heterocycles. The van der Waals surface area contributed by atoms with E-state index in [1.54, 1.807) is 5.73 Å². The first kappa shape index (κ1) is 13.0. The Labute approximate surface area is 90.8 Å². The summed E-state index contributed by atoms with van der Waals surface area (Å²) in [6.45, 7) is 2.90. The number of carbonyl (C=O) groups excluding carboxylic acids is 1. The van der Waals surface area contributed by atoms with Gasteiger partial charge < -0.3 is 0 Å². The first-order valence-electron chi connectivity index (χ1n) is 5.00. The zero-order valence-electron chi connectivity index (χ0n) is 8.61. The van der Waals surface area contributed by atoms with Gasteiger partial charge in [0.2, 0.25) is 0 Å². The van der Waals surface area contributed by atoms with E-state index in [0.29, 0.717) is 25.7 Å². The van der Waals surface area contributed by atoms with Crippen LogP contribution in [0, 0.1) is 5.92 Å². The highest BCUT2D eigenvalue weighted by Gasteiger charge is 2.61. The fourth-order valence-electron chi connectivity index (χ4n) is 1.92. The normalized spacial score (nSPS) is 21.2. The third-order valence-corrected chi connectivity index (χ3v) is 2.80. The predicted molar refractivity (Wildman–Crippen MR) is 50.6 cm³/mol. The molecule has 0 saturated heterocycles. The first-order valence-corrected chi connectivity index (χ1v) is 5.00. The summed E-state index contributed by atoms with van der Waals surface area (Å²) in [6, 6.07) is 0. The number of hydrogen-bond donors (Lipinski definition) is 0. The van der Waals surface area contributed by atoms with E-state index in [4.69, 9.17) is 0 Å². The summed E-state index contributed by atoms with van der Waals surface area (Å²) < 4.78 is 51.2. The second-order valence-electron chi connectivity index (χ2n) is 3.90. The zero-order chi connectivity index (χ0) is 12.4. The third kappa shape index (κ3) is 2.19. The summed E-state index contributed by atoms with van der Waals surface area (Å²) in [7, 11) is 0. The van der Waals surface area contributed by atoms with Crippen LogP contribution < -0.4 is 0 Å². The second-order valence-corrected chi connectivity index (χ2v) is 3.90. The van der Waals surface area contributed by atoms with Crippen LogP contribution >= 0.6 is 0 Å². The number of Topliss-reactive ketones (excluding diaryl/α,β-unsaturated/α-hetero) is 1. The van der Waals surface area contributed by atoms with E-state index in [-0.39, 0.29) is 6.08 Å². The van der Waals surface area contributed by atoms with E-state index in [9.17, 15) is 22.4 Å². The van der Waals surface area contributed by atoms with Crippen molar-refractivity contribution >= 4 is 5.78 Å². The minimum atomic E-state index is -5.24. The molecule has 0 spiro atoms. The maximum Gasteiger partial charge on any atom is 0.434 e. The molecular weight excluding hydrogens is 224 g/mol. The lowest BCUT2D eigenvalue weighted by atomic mass is 9.88. The van der Waals surface area contributed by atoms with E-state index < -0.39 is 23.5 Å². The van der Waals surface area contributed by atoms with Crippen molar-refractivity contribution in [2.45, 2.75) is 37.5 Å². The number of rotatable bonds is 3. The molecule has 1 rings (SSSR count). The zero-order valence-corrected chi connectivity index (χ0v) is 8.61. The number of alkyl halides is 4. The topological polar surface area (TPSA) is 17.1 Å². The number of halogens is 4. The molecule has 1 nitrogen and oxygen atoms in total. The van der Waals surface area contributed by atoms with Crippen LogP contribution in [0.4, 0.5) is 17.6 Å². The van der Waals surface area contributed by atoms with Gasteiger partial charge in [-0.15, -0.1) is 5.73 Å². The second kappa shape index (κ2) is 4.42. The van der Waals surface area contributed by atoms with E-state index in [1.165, 1.54) is 0 Å². The van der Waals surface area contributed by atoms with Crippen molar-refractivity contribution in [1.82, 2.24) is 0 Å². The maximum absolute atomic E-state index is 13.7. The molecule has 0 bridgehead atoms. The quantitative estimate of drug-likeness (QED) is 0.542. The van der Waals surface area contributed by atoms with E-state index in [0.717, 1.165) is 0 Å². The van der Waals surface area contributed by atoms with Crippen LogP contribution in [-0.2, 0) is 4.79 Å². The molecule has 0 aromatic carbocycles. The van der Waals surface area contributed by atoms with Gasteiger partial charge in [-0.1, -0.05) is 19.4 Å². The molecule has 0 aromatic heterocycles. The highest BCUT2D eigenvalue weighted by molar-refractivity contribution is 5.92. The van der Waals surface area contributed by atoms with Gasteiger partial charge in [0.05, 0.1) is 0 Å². The van der Waals surface area contributed by atoms with Gasteiger partial charge in [0.25, 0.3) is 5.67 Å².